The minimum absolute atomic E-state index is 0.0201. The van der Waals surface area contributed by atoms with Crippen LogP contribution in [0.25, 0.3) is 0 Å². The lowest BCUT2D eigenvalue weighted by Crippen LogP contribution is -2.59. The van der Waals surface area contributed by atoms with Crippen LogP contribution in [0, 0.1) is 5.92 Å². The zero-order valence-electron chi connectivity index (χ0n) is 24.4. The lowest BCUT2D eigenvalue weighted by molar-refractivity contribution is -0.128. The molecule has 1 atom stereocenters. The van der Waals surface area contributed by atoms with E-state index < -0.39 is 35.6 Å². The number of alkyl halides is 2. The highest BCUT2D eigenvalue weighted by Gasteiger charge is 2.58. The van der Waals surface area contributed by atoms with E-state index in [-0.39, 0.29) is 24.5 Å². The van der Waals surface area contributed by atoms with Gasteiger partial charge in [0.15, 0.2) is 0 Å². The van der Waals surface area contributed by atoms with Gasteiger partial charge in [0.05, 0.1) is 42.4 Å². The van der Waals surface area contributed by atoms with Crippen LogP contribution in [0.15, 0.2) is 18.2 Å². The second kappa shape index (κ2) is 8.96. The van der Waals surface area contributed by atoms with Gasteiger partial charge in [-0.25, -0.2) is 8.78 Å². The molecule has 5 aliphatic heterocycles. The highest BCUT2D eigenvalue weighted by molar-refractivity contribution is 6.62. The predicted octanol–water partition coefficient (Wildman–Crippen LogP) is 3.18. The van der Waals surface area contributed by atoms with Crippen LogP contribution in [0.5, 0.6) is 0 Å². The molecular formula is C30H42BF2N3O4. The highest BCUT2D eigenvalue weighted by atomic mass is 19.3. The molecule has 0 bridgehead atoms. The first-order valence-corrected chi connectivity index (χ1v) is 15.1. The van der Waals surface area contributed by atoms with Gasteiger partial charge in [-0.15, -0.1) is 0 Å². The zero-order valence-corrected chi connectivity index (χ0v) is 24.4. The fourth-order valence-electron chi connectivity index (χ4n) is 7.61. The van der Waals surface area contributed by atoms with Gasteiger partial charge in [-0.1, -0.05) is 19.1 Å². The summed E-state index contributed by atoms with van der Waals surface area (Å²) in [4.78, 5) is 20.9. The first kappa shape index (κ1) is 27.3. The van der Waals surface area contributed by atoms with E-state index in [0.717, 1.165) is 68.7 Å². The monoisotopic (exact) mass is 557 g/mol. The number of piperidine rings is 1. The molecule has 40 heavy (non-hydrogen) atoms. The number of benzene rings is 1. The summed E-state index contributed by atoms with van der Waals surface area (Å²) in [6.45, 7) is 13.4. The molecule has 5 heterocycles. The SMILES string of the molecule is CC1CN(C2CC(N3C(=O)C4(CCN(C5COC5)CC4)c4ccc(B5OC(C)(C)C(C)(C)O5)cc43)C2)CC1(F)F. The third-order valence-corrected chi connectivity index (χ3v) is 11.4. The molecule has 10 heteroatoms. The minimum Gasteiger partial charge on any atom is -0.399 e. The number of fused-ring (bicyclic) bond motifs is 2. The van der Waals surface area contributed by atoms with Crippen molar-refractivity contribution >= 4 is 24.2 Å². The highest BCUT2D eigenvalue weighted by Crippen LogP contribution is 2.52. The lowest BCUT2D eigenvalue weighted by atomic mass is 9.71. The molecule has 0 N–H and O–H groups in total. The van der Waals surface area contributed by atoms with Gasteiger partial charge in [0.25, 0.3) is 5.92 Å². The van der Waals surface area contributed by atoms with Crippen LogP contribution in [0.4, 0.5) is 14.5 Å². The Hall–Kier alpha value is -1.59. The molecule has 1 unspecified atom stereocenters. The number of anilines is 1. The smallest absolute Gasteiger partial charge is 0.399 e. The van der Waals surface area contributed by atoms with Crippen LogP contribution in [-0.4, -0.2) is 97.5 Å². The molecule has 6 aliphatic rings. The summed E-state index contributed by atoms with van der Waals surface area (Å²) in [5, 5.41) is 0. The van der Waals surface area contributed by atoms with E-state index in [1.165, 1.54) is 0 Å². The third kappa shape index (κ3) is 3.96. The molecule has 0 aromatic heterocycles. The van der Waals surface area contributed by atoms with Gasteiger partial charge in [0.2, 0.25) is 5.91 Å². The molecular weight excluding hydrogens is 515 g/mol. The van der Waals surface area contributed by atoms with E-state index in [0.29, 0.717) is 12.6 Å². The third-order valence-electron chi connectivity index (χ3n) is 11.4. The van der Waals surface area contributed by atoms with E-state index in [9.17, 15) is 13.6 Å². The number of rotatable bonds is 4. The number of amides is 1. The standard InChI is InChI=1S/C30H42BF2N3O4/c1-19-15-35(18-30(19,32)33)21-13-22(14-21)36-25-12-20(31-39-27(2,3)28(4,5)40-31)6-7-24(25)29(26(36)37)8-10-34(11-9-29)23-16-38-17-23/h6-7,12,19,21-23H,8-11,13-18H2,1-5H3. The van der Waals surface area contributed by atoms with Gasteiger partial charge >= 0.3 is 7.12 Å². The summed E-state index contributed by atoms with van der Waals surface area (Å²) < 4.78 is 46.7. The number of hydrogen-bond donors (Lipinski definition) is 0. The molecule has 218 valence electrons. The Morgan fingerprint density at radius 2 is 1.57 bits per heavy atom. The number of carbonyl (C=O) groups is 1. The summed E-state index contributed by atoms with van der Waals surface area (Å²) in [6.07, 6.45) is 3.04. The van der Waals surface area contributed by atoms with Crippen LogP contribution < -0.4 is 10.4 Å². The van der Waals surface area contributed by atoms with Crippen molar-refractivity contribution in [2.75, 3.05) is 44.3 Å². The van der Waals surface area contributed by atoms with Crippen LogP contribution >= 0.6 is 0 Å². The van der Waals surface area contributed by atoms with Gasteiger partial charge in [0.1, 0.15) is 0 Å². The van der Waals surface area contributed by atoms with Gasteiger partial charge in [-0.2, -0.15) is 0 Å². The molecule has 1 saturated carbocycles. The van der Waals surface area contributed by atoms with E-state index in [4.69, 9.17) is 14.0 Å². The Balaban J connectivity index is 1.17. The average molecular weight is 557 g/mol. The van der Waals surface area contributed by atoms with Crippen molar-refractivity contribution < 1.29 is 27.6 Å². The van der Waals surface area contributed by atoms with Gasteiger partial charge in [-0.3, -0.25) is 14.6 Å². The topological polar surface area (TPSA) is 54.5 Å². The van der Waals surface area contributed by atoms with E-state index in [1.807, 2.05) is 37.5 Å². The van der Waals surface area contributed by atoms with Crippen LogP contribution in [0.1, 0.15) is 65.9 Å². The Kier molecular flexibility index (Phi) is 6.11. The molecule has 0 radical (unpaired) electrons. The largest absolute Gasteiger partial charge is 0.494 e. The number of nitrogens with zero attached hydrogens (tertiary/aromatic N) is 3. The number of carbonyl (C=O) groups excluding carboxylic acids is 1. The Morgan fingerprint density at radius 1 is 0.925 bits per heavy atom. The van der Waals surface area contributed by atoms with Crippen LogP contribution in [0.3, 0.4) is 0 Å². The number of halogens is 2. The Labute approximate surface area is 236 Å². The fraction of sp³-hybridized carbons (Fsp3) is 0.767. The summed E-state index contributed by atoms with van der Waals surface area (Å²) in [7, 11) is -0.508. The molecule has 5 fully saturated rings. The first-order valence-electron chi connectivity index (χ1n) is 15.1. The molecule has 4 saturated heterocycles. The molecule has 1 aromatic carbocycles. The van der Waals surface area contributed by atoms with Crippen molar-refractivity contribution in [3.05, 3.63) is 23.8 Å². The first-order chi connectivity index (χ1) is 18.8. The van der Waals surface area contributed by atoms with E-state index >= 15 is 0 Å². The zero-order chi connectivity index (χ0) is 28.2. The van der Waals surface area contributed by atoms with Gasteiger partial charge < -0.3 is 18.9 Å². The molecule has 7 rings (SSSR count). The van der Waals surface area contributed by atoms with Crippen molar-refractivity contribution in [3.63, 3.8) is 0 Å². The predicted molar refractivity (Wildman–Crippen MR) is 149 cm³/mol. The van der Waals surface area contributed by atoms with Crippen LogP contribution in [-0.2, 0) is 24.3 Å². The minimum atomic E-state index is -2.64. The second-order valence-corrected chi connectivity index (χ2v) is 14.2. The average Bonchev–Trinajstić information content (AvgIpc) is 3.31. The van der Waals surface area contributed by atoms with Crippen molar-refractivity contribution in [2.24, 2.45) is 5.92 Å². The van der Waals surface area contributed by atoms with Crippen molar-refractivity contribution in [1.29, 1.82) is 0 Å². The fourth-order valence-corrected chi connectivity index (χ4v) is 7.61. The van der Waals surface area contributed by atoms with Crippen molar-refractivity contribution in [3.8, 4) is 0 Å². The Morgan fingerprint density at radius 3 is 2.12 bits per heavy atom. The Bertz CT molecular complexity index is 1180. The summed E-state index contributed by atoms with van der Waals surface area (Å²) >= 11 is 0. The maximum atomic E-state index is 14.4. The quantitative estimate of drug-likeness (QED) is 0.531. The van der Waals surface area contributed by atoms with Gasteiger partial charge in [0, 0.05) is 30.2 Å². The normalized spacial score (nSPS) is 34.8. The molecule has 1 amide bonds. The van der Waals surface area contributed by atoms with E-state index in [1.54, 1.807) is 6.92 Å². The van der Waals surface area contributed by atoms with Crippen molar-refractivity contribution in [2.45, 2.75) is 101 Å². The number of ether oxygens (including phenoxy) is 1. The van der Waals surface area contributed by atoms with Gasteiger partial charge in [-0.05, 0) is 83.6 Å². The summed E-state index contributed by atoms with van der Waals surface area (Å²) in [5.74, 6) is -3.08. The van der Waals surface area contributed by atoms with Crippen molar-refractivity contribution in [1.82, 2.24) is 9.80 Å². The number of likely N-dealkylation sites (tertiary alicyclic amines) is 2. The van der Waals surface area contributed by atoms with Crippen LogP contribution in [0.2, 0.25) is 0 Å². The lowest BCUT2D eigenvalue weighted by Gasteiger charge is -2.47. The maximum absolute atomic E-state index is 14.4. The summed E-state index contributed by atoms with van der Waals surface area (Å²) in [6, 6.07) is 6.89. The molecule has 1 spiro atoms. The molecule has 1 aromatic rings. The van der Waals surface area contributed by atoms with E-state index in [2.05, 4.69) is 23.1 Å². The molecule has 7 nitrogen and oxygen atoms in total. The summed E-state index contributed by atoms with van der Waals surface area (Å²) in [5.41, 5.74) is 1.53. The maximum Gasteiger partial charge on any atom is 0.494 e. The second-order valence-electron chi connectivity index (χ2n) is 14.2. The molecule has 1 aliphatic carbocycles. The number of hydrogen-bond acceptors (Lipinski definition) is 6.